The Kier molecular flexibility index (Phi) is 7.41. The Hall–Kier alpha value is -4.67. The number of hydrogen-bond acceptors (Lipinski definition) is 6. The van der Waals surface area contributed by atoms with E-state index < -0.39 is 10.0 Å². The molecule has 4 aromatic rings. The van der Waals surface area contributed by atoms with Crippen molar-refractivity contribution in [2.24, 2.45) is 0 Å². The van der Waals surface area contributed by atoms with Crippen molar-refractivity contribution >= 4 is 44.6 Å². The Balaban J connectivity index is 1.30. The molecule has 0 aliphatic carbocycles. The van der Waals surface area contributed by atoms with E-state index in [1.54, 1.807) is 18.2 Å². The number of carbonyl (C=O) groups excluding carboxylic acids is 2. The summed E-state index contributed by atoms with van der Waals surface area (Å²) in [5.41, 5.74) is 7.03. The maximum atomic E-state index is 13.2. The van der Waals surface area contributed by atoms with Gasteiger partial charge in [0, 0.05) is 44.4 Å². The van der Waals surface area contributed by atoms with Gasteiger partial charge in [-0.05, 0) is 66.2 Å². The lowest BCUT2D eigenvalue weighted by atomic mass is 10.00. The van der Waals surface area contributed by atoms with Gasteiger partial charge >= 0.3 is 0 Å². The number of anilines is 4. The normalized spacial score (nSPS) is 15.0. The van der Waals surface area contributed by atoms with Gasteiger partial charge in [-0.2, -0.15) is 0 Å². The number of carbonyl (C=O) groups is 2. The zero-order valence-electron chi connectivity index (χ0n) is 24.3. The molecule has 4 aromatic carbocycles. The first-order chi connectivity index (χ1) is 20.6. The van der Waals surface area contributed by atoms with Crippen LogP contribution in [0.4, 0.5) is 22.7 Å². The molecule has 2 N–H and O–H groups in total. The molecule has 0 saturated carbocycles. The predicted octanol–water partition coefficient (Wildman–Crippen LogP) is 5.11. The average molecular weight is 596 g/mol. The van der Waals surface area contributed by atoms with Gasteiger partial charge in [0.25, 0.3) is 11.8 Å². The second-order valence-electron chi connectivity index (χ2n) is 11.0. The number of piperazine rings is 1. The standard InChI is InChI=1S/C33H33N5O4S/c1-36-16-18-38(19-17-36)33(40)23-10-8-22(9-11-23)24-13-15-28-30(20-24)34-29-21-25(12-14-27(29)32(39)35-28)26-6-4-5-7-31(26)37(2)43(3,41)42/h4-15,20-21,34H,16-19H2,1-3H3,(H,35,39). The highest BCUT2D eigenvalue weighted by Gasteiger charge is 2.23. The van der Waals surface area contributed by atoms with Crippen LogP contribution >= 0.6 is 0 Å². The minimum atomic E-state index is -3.47. The fraction of sp³-hybridized carbons (Fsp3) is 0.212. The smallest absolute Gasteiger partial charge is 0.257 e. The number of rotatable bonds is 5. The van der Waals surface area contributed by atoms with Crippen LogP contribution in [-0.4, -0.2) is 76.6 Å². The Morgan fingerprint density at radius 3 is 2.12 bits per heavy atom. The molecule has 1 fully saturated rings. The predicted molar refractivity (Wildman–Crippen MR) is 172 cm³/mol. The zero-order valence-corrected chi connectivity index (χ0v) is 25.1. The molecule has 0 bridgehead atoms. The third kappa shape index (κ3) is 5.71. The molecule has 0 radical (unpaired) electrons. The molecule has 1 saturated heterocycles. The van der Waals surface area contributed by atoms with E-state index in [0.29, 0.717) is 28.2 Å². The van der Waals surface area contributed by atoms with E-state index in [0.717, 1.165) is 54.1 Å². The molecule has 9 nitrogen and oxygen atoms in total. The molecule has 0 atom stereocenters. The van der Waals surface area contributed by atoms with E-state index >= 15 is 0 Å². The molecule has 0 unspecified atom stereocenters. The summed E-state index contributed by atoms with van der Waals surface area (Å²) in [6.45, 7) is 3.19. The lowest BCUT2D eigenvalue weighted by Crippen LogP contribution is -2.47. The van der Waals surface area contributed by atoms with Gasteiger partial charge in [-0.15, -0.1) is 0 Å². The highest BCUT2D eigenvalue weighted by atomic mass is 32.2. The van der Waals surface area contributed by atoms with Crippen molar-refractivity contribution in [2.75, 3.05) is 61.5 Å². The minimum absolute atomic E-state index is 0.0441. The third-order valence-electron chi connectivity index (χ3n) is 8.11. The molecule has 0 spiro atoms. The minimum Gasteiger partial charge on any atom is -0.353 e. The summed E-state index contributed by atoms with van der Waals surface area (Å²) in [4.78, 5) is 30.3. The number of nitrogens with zero attached hydrogens (tertiary/aromatic N) is 3. The molecule has 2 aliphatic rings. The van der Waals surface area contributed by atoms with Crippen molar-refractivity contribution in [2.45, 2.75) is 0 Å². The number of hydrogen-bond donors (Lipinski definition) is 2. The van der Waals surface area contributed by atoms with E-state index in [1.165, 1.54) is 17.6 Å². The number of sulfonamides is 1. The van der Waals surface area contributed by atoms with Crippen LogP contribution in [0.2, 0.25) is 0 Å². The molecule has 2 heterocycles. The number of amides is 2. The van der Waals surface area contributed by atoms with Gasteiger partial charge in [0.1, 0.15) is 0 Å². The molecule has 0 aromatic heterocycles. The average Bonchev–Trinajstić information content (AvgIpc) is 3.15. The van der Waals surface area contributed by atoms with Gasteiger partial charge < -0.3 is 20.4 Å². The Morgan fingerprint density at radius 1 is 0.744 bits per heavy atom. The summed E-state index contributed by atoms with van der Waals surface area (Å²) in [5, 5.41) is 6.42. The Morgan fingerprint density at radius 2 is 1.40 bits per heavy atom. The summed E-state index contributed by atoms with van der Waals surface area (Å²) >= 11 is 0. The fourth-order valence-corrected chi connectivity index (χ4v) is 5.97. The SMILES string of the molecule is CN1CCN(C(=O)c2ccc(-c3ccc4c(c3)Nc3cc(-c5ccccc5N(C)S(C)(=O)=O)ccc3C(=O)N4)cc2)CC1. The Labute approximate surface area is 251 Å². The highest BCUT2D eigenvalue weighted by Crippen LogP contribution is 2.39. The van der Waals surface area contributed by atoms with Crippen LogP contribution in [0.1, 0.15) is 20.7 Å². The first kappa shape index (κ1) is 28.4. The topological polar surface area (TPSA) is 102 Å². The van der Waals surface area contributed by atoms with E-state index in [4.69, 9.17) is 0 Å². The van der Waals surface area contributed by atoms with Crippen LogP contribution < -0.4 is 14.9 Å². The molecule has 10 heteroatoms. The van der Waals surface area contributed by atoms with E-state index in [-0.39, 0.29) is 11.8 Å². The zero-order chi connectivity index (χ0) is 30.3. The van der Waals surface area contributed by atoms with Gasteiger partial charge in [-0.1, -0.05) is 42.5 Å². The van der Waals surface area contributed by atoms with Crippen molar-refractivity contribution < 1.29 is 18.0 Å². The van der Waals surface area contributed by atoms with Crippen molar-refractivity contribution in [3.05, 3.63) is 96.1 Å². The maximum absolute atomic E-state index is 13.2. The van der Waals surface area contributed by atoms with Gasteiger partial charge in [0.05, 0.1) is 34.6 Å². The van der Waals surface area contributed by atoms with Crippen molar-refractivity contribution in [3.63, 3.8) is 0 Å². The lowest BCUT2D eigenvalue weighted by molar-refractivity contribution is 0.0664. The number of benzene rings is 4. The van der Waals surface area contributed by atoms with Crippen molar-refractivity contribution in [1.29, 1.82) is 0 Å². The summed E-state index contributed by atoms with van der Waals surface area (Å²) < 4.78 is 25.8. The van der Waals surface area contributed by atoms with E-state index in [9.17, 15) is 18.0 Å². The second-order valence-corrected chi connectivity index (χ2v) is 13.0. The van der Waals surface area contributed by atoms with Crippen LogP contribution in [0, 0.1) is 0 Å². The van der Waals surface area contributed by atoms with Crippen LogP contribution in [0.5, 0.6) is 0 Å². The van der Waals surface area contributed by atoms with Gasteiger partial charge in [-0.25, -0.2) is 8.42 Å². The largest absolute Gasteiger partial charge is 0.353 e. The number of para-hydroxylation sites is 1. The quantitative estimate of drug-likeness (QED) is 0.333. The molecule has 6 rings (SSSR count). The highest BCUT2D eigenvalue weighted by molar-refractivity contribution is 7.92. The monoisotopic (exact) mass is 595 g/mol. The third-order valence-corrected chi connectivity index (χ3v) is 9.30. The molecule has 43 heavy (non-hydrogen) atoms. The first-order valence-electron chi connectivity index (χ1n) is 14.1. The van der Waals surface area contributed by atoms with Crippen LogP contribution in [0.3, 0.4) is 0 Å². The maximum Gasteiger partial charge on any atom is 0.257 e. The van der Waals surface area contributed by atoms with E-state index in [1.807, 2.05) is 71.6 Å². The molecule has 2 amide bonds. The molecular formula is C33H33N5O4S. The molecule has 2 aliphatic heterocycles. The molecule has 220 valence electrons. The van der Waals surface area contributed by atoms with Crippen LogP contribution in [0.15, 0.2) is 84.9 Å². The summed E-state index contributed by atoms with van der Waals surface area (Å²) in [6, 6.07) is 26.1. The molecular weight excluding hydrogens is 562 g/mol. The number of nitrogens with one attached hydrogen (secondary N) is 2. The van der Waals surface area contributed by atoms with Gasteiger partial charge in [0.2, 0.25) is 10.0 Å². The Bertz CT molecular complexity index is 1830. The fourth-order valence-electron chi connectivity index (χ4n) is 5.45. The summed E-state index contributed by atoms with van der Waals surface area (Å²) in [5.74, 6) is -0.198. The summed E-state index contributed by atoms with van der Waals surface area (Å²) in [6.07, 6.45) is 1.17. The number of likely N-dealkylation sites (N-methyl/N-ethyl adjacent to an activating group) is 1. The van der Waals surface area contributed by atoms with Gasteiger partial charge in [-0.3, -0.25) is 13.9 Å². The van der Waals surface area contributed by atoms with Crippen LogP contribution in [-0.2, 0) is 10.0 Å². The summed E-state index contributed by atoms with van der Waals surface area (Å²) in [7, 11) is 0.114. The van der Waals surface area contributed by atoms with Gasteiger partial charge in [0.15, 0.2) is 0 Å². The van der Waals surface area contributed by atoms with Crippen molar-refractivity contribution in [1.82, 2.24) is 9.80 Å². The van der Waals surface area contributed by atoms with E-state index in [2.05, 4.69) is 22.6 Å². The van der Waals surface area contributed by atoms with Crippen LogP contribution in [0.25, 0.3) is 22.3 Å². The lowest BCUT2D eigenvalue weighted by Gasteiger charge is -2.32. The van der Waals surface area contributed by atoms with Crippen molar-refractivity contribution in [3.8, 4) is 22.3 Å². The first-order valence-corrected chi connectivity index (χ1v) is 15.9. The number of fused-ring (bicyclic) bond motifs is 2. The second kappa shape index (κ2) is 11.2.